The van der Waals surface area contributed by atoms with Crippen LogP contribution in [0.5, 0.6) is 0 Å². The topological polar surface area (TPSA) is 85.8 Å². The molecule has 0 spiro atoms. The number of rotatable bonds is 7. The van der Waals surface area contributed by atoms with Crippen LogP contribution in [0.3, 0.4) is 0 Å². The highest BCUT2D eigenvalue weighted by Crippen LogP contribution is 2.27. The molecule has 26 heavy (non-hydrogen) atoms. The van der Waals surface area contributed by atoms with Crippen molar-refractivity contribution >= 4 is 46.6 Å². The lowest BCUT2D eigenvalue weighted by Gasteiger charge is -2.12. The van der Waals surface area contributed by atoms with Gasteiger partial charge in [-0.15, -0.1) is 10.2 Å². The molecule has 0 atom stereocenters. The highest BCUT2D eigenvalue weighted by molar-refractivity contribution is 7.99. The fourth-order valence-electron chi connectivity index (χ4n) is 2.29. The van der Waals surface area contributed by atoms with Gasteiger partial charge in [-0.05, 0) is 30.3 Å². The lowest BCUT2D eigenvalue weighted by atomic mass is 10.3. The predicted molar refractivity (Wildman–Crippen MR) is 105 cm³/mol. The molecule has 1 heterocycles. The van der Waals surface area contributed by atoms with Crippen LogP contribution in [0.1, 0.15) is 5.82 Å². The third-order valence-electron chi connectivity index (χ3n) is 3.42. The van der Waals surface area contributed by atoms with Crippen LogP contribution >= 0.6 is 35.0 Å². The molecule has 6 nitrogen and oxygen atoms in total. The van der Waals surface area contributed by atoms with Gasteiger partial charge in [0.15, 0.2) is 11.0 Å². The van der Waals surface area contributed by atoms with Crippen molar-refractivity contribution in [1.82, 2.24) is 14.8 Å². The van der Waals surface area contributed by atoms with Crippen LogP contribution < -0.4 is 11.1 Å². The molecule has 2 aromatic carbocycles. The van der Waals surface area contributed by atoms with Crippen LogP contribution in [-0.2, 0) is 11.3 Å². The Bertz CT molecular complexity index is 917. The van der Waals surface area contributed by atoms with Gasteiger partial charge < -0.3 is 11.1 Å². The Morgan fingerprint density at radius 1 is 1.15 bits per heavy atom. The fraction of sp³-hybridized carbons (Fsp3) is 0.118. The molecule has 0 saturated heterocycles. The standard InChI is InChI=1S/C17H15Cl2N5OS/c18-11-6-7-13(19)14(8-11)21-9-16-22-23-17(26-10-15(20)25)24(16)12-4-2-1-3-5-12/h1-8,21H,9-10H2,(H2,20,25). The van der Waals surface area contributed by atoms with Gasteiger partial charge in [0.25, 0.3) is 0 Å². The molecule has 9 heteroatoms. The van der Waals surface area contributed by atoms with Gasteiger partial charge in [-0.25, -0.2) is 0 Å². The van der Waals surface area contributed by atoms with Gasteiger partial charge in [0.05, 0.1) is 23.0 Å². The summed E-state index contributed by atoms with van der Waals surface area (Å²) in [5.41, 5.74) is 6.83. The second-order valence-corrected chi connectivity index (χ2v) is 7.09. The van der Waals surface area contributed by atoms with Crippen LogP contribution in [0.25, 0.3) is 5.69 Å². The normalized spacial score (nSPS) is 10.7. The largest absolute Gasteiger partial charge is 0.376 e. The molecule has 1 amide bonds. The molecule has 0 unspecified atom stereocenters. The van der Waals surface area contributed by atoms with Gasteiger partial charge in [-0.1, -0.05) is 53.2 Å². The molecule has 0 fully saturated rings. The molecular formula is C17H15Cl2N5OS. The van der Waals surface area contributed by atoms with Crippen molar-refractivity contribution in [3.05, 3.63) is 64.4 Å². The third-order valence-corrected chi connectivity index (χ3v) is 4.94. The van der Waals surface area contributed by atoms with E-state index < -0.39 is 5.91 Å². The maximum atomic E-state index is 11.1. The Hall–Kier alpha value is -2.22. The first-order chi connectivity index (χ1) is 12.5. The number of amides is 1. The second-order valence-electron chi connectivity index (χ2n) is 5.30. The van der Waals surface area contributed by atoms with Crippen molar-refractivity contribution in [1.29, 1.82) is 0 Å². The van der Waals surface area contributed by atoms with Gasteiger partial charge in [0, 0.05) is 10.7 Å². The van der Waals surface area contributed by atoms with Gasteiger partial charge >= 0.3 is 0 Å². The lowest BCUT2D eigenvalue weighted by Crippen LogP contribution is -2.14. The lowest BCUT2D eigenvalue weighted by molar-refractivity contribution is -0.115. The molecule has 3 rings (SSSR count). The summed E-state index contributed by atoms with van der Waals surface area (Å²) in [5.74, 6) is 0.376. The summed E-state index contributed by atoms with van der Waals surface area (Å²) in [6.45, 7) is 0.374. The zero-order valence-electron chi connectivity index (χ0n) is 13.5. The monoisotopic (exact) mass is 407 g/mol. The Kier molecular flexibility index (Phi) is 6.03. The van der Waals surface area contributed by atoms with E-state index >= 15 is 0 Å². The number of anilines is 1. The highest BCUT2D eigenvalue weighted by Gasteiger charge is 2.15. The SMILES string of the molecule is NC(=O)CSc1nnc(CNc2cc(Cl)ccc2Cl)n1-c1ccccc1. The smallest absolute Gasteiger partial charge is 0.227 e. The van der Waals surface area contributed by atoms with Crippen LogP contribution in [0.4, 0.5) is 5.69 Å². The van der Waals surface area contributed by atoms with Crippen LogP contribution in [0.15, 0.2) is 53.7 Å². The van der Waals surface area contributed by atoms with Crippen LogP contribution in [0, 0.1) is 0 Å². The number of aromatic nitrogens is 3. The van der Waals surface area contributed by atoms with Gasteiger partial charge in [0.2, 0.25) is 5.91 Å². The number of halogens is 2. The van der Waals surface area contributed by atoms with E-state index in [1.807, 2.05) is 34.9 Å². The zero-order valence-corrected chi connectivity index (χ0v) is 15.9. The Morgan fingerprint density at radius 3 is 2.65 bits per heavy atom. The van der Waals surface area contributed by atoms with E-state index in [1.54, 1.807) is 18.2 Å². The molecule has 134 valence electrons. The summed E-state index contributed by atoms with van der Waals surface area (Å²) in [4.78, 5) is 11.1. The number of nitrogens with zero attached hydrogens (tertiary/aromatic N) is 3. The van der Waals surface area contributed by atoms with Crippen molar-refractivity contribution in [2.45, 2.75) is 11.7 Å². The molecule has 0 aliphatic rings. The van der Waals surface area contributed by atoms with E-state index in [2.05, 4.69) is 15.5 Å². The third kappa shape index (κ3) is 4.49. The summed E-state index contributed by atoms with van der Waals surface area (Å²) in [5, 5.41) is 13.4. The van der Waals surface area contributed by atoms with Gasteiger partial charge in [0.1, 0.15) is 0 Å². The minimum Gasteiger partial charge on any atom is -0.376 e. The van der Waals surface area contributed by atoms with Crippen molar-refractivity contribution in [3.8, 4) is 5.69 Å². The van der Waals surface area contributed by atoms with Crippen LogP contribution in [-0.4, -0.2) is 26.4 Å². The first-order valence-electron chi connectivity index (χ1n) is 7.64. The minimum absolute atomic E-state index is 0.124. The number of nitrogens with one attached hydrogen (secondary N) is 1. The zero-order chi connectivity index (χ0) is 18.5. The molecule has 0 aliphatic heterocycles. The number of hydrogen-bond acceptors (Lipinski definition) is 5. The molecule has 0 radical (unpaired) electrons. The Morgan fingerprint density at radius 2 is 1.92 bits per heavy atom. The van der Waals surface area contributed by atoms with Crippen molar-refractivity contribution in [3.63, 3.8) is 0 Å². The molecule has 0 aliphatic carbocycles. The average Bonchev–Trinajstić information content (AvgIpc) is 3.04. The number of benzene rings is 2. The second kappa shape index (κ2) is 8.44. The number of thioether (sulfide) groups is 1. The number of carbonyl (C=O) groups is 1. The van der Waals surface area contributed by atoms with E-state index in [0.29, 0.717) is 33.3 Å². The number of primary amides is 1. The first kappa shape index (κ1) is 18.6. The van der Waals surface area contributed by atoms with Crippen molar-refractivity contribution in [2.24, 2.45) is 5.73 Å². The first-order valence-corrected chi connectivity index (χ1v) is 9.38. The van der Waals surface area contributed by atoms with Crippen molar-refractivity contribution in [2.75, 3.05) is 11.1 Å². The van der Waals surface area contributed by atoms with E-state index in [9.17, 15) is 4.79 Å². The molecule has 1 aromatic heterocycles. The molecule has 3 N–H and O–H groups in total. The van der Waals surface area contributed by atoms with Crippen molar-refractivity contribution < 1.29 is 4.79 Å². The Labute approximate surface area is 164 Å². The maximum Gasteiger partial charge on any atom is 0.227 e. The van der Waals surface area contributed by atoms with E-state index in [1.165, 1.54) is 11.8 Å². The quantitative estimate of drug-likeness (QED) is 0.582. The maximum absolute atomic E-state index is 11.1. The number of nitrogens with two attached hydrogens (primary N) is 1. The molecular weight excluding hydrogens is 393 g/mol. The minimum atomic E-state index is -0.414. The van der Waals surface area contributed by atoms with Crippen LogP contribution in [0.2, 0.25) is 10.0 Å². The van der Waals surface area contributed by atoms with Gasteiger partial charge in [-0.2, -0.15) is 0 Å². The summed E-state index contributed by atoms with van der Waals surface area (Å²) >= 11 is 13.4. The highest BCUT2D eigenvalue weighted by atomic mass is 35.5. The molecule has 0 bridgehead atoms. The van der Waals surface area contributed by atoms with Gasteiger partial charge in [-0.3, -0.25) is 9.36 Å². The number of hydrogen-bond donors (Lipinski definition) is 2. The molecule has 0 saturated carbocycles. The van der Waals surface area contributed by atoms with E-state index in [4.69, 9.17) is 28.9 Å². The average molecular weight is 408 g/mol. The summed E-state index contributed by atoms with van der Waals surface area (Å²) in [6, 6.07) is 14.8. The predicted octanol–water partition coefficient (Wildman–Crippen LogP) is 3.76. The Balaban J connectivity index is 1.89. The molecule has 3 aromatic rings. The number of carbonyl (C=O) groups excluding carboxylic acids is 1. The van der Waals surface area contributed by atoms with E-state index in [0.717, 1.165) is 5.69 Å². The summed E-state index contributed by atoms with van der Waals surface area (Å²) in [6.07, 6.45) is 0. The fourth-order valence-corrected chi connectivity index (χ4v) is 3.35. The van der Waals surface area contributed by atoms with E-state index in [-0.39, 0.29) is 5.75 Å². The summed E-state index contributed by atoms with van der Waals surface area (Å²) in [7, 11) is 0. The summed E-state index contributed by atoms with van der Waals surface area (Å²) < 4.78 is 1.87. The number of para-hydroxylation sites is 1.